The van der Waals surface area contributed by atoms with E-state index in [1.165, 1.54) is 0 Å². The molecule has 0 aromatic rings. The van der Waals surface area contributed by atoms with Crippen LogP contribution in [0.3, 0.4) is 0 Å². The van der Waals surface area contributed by atoms with Crippen molar-refractivity contribution in [3.63, 3.8) is 0 Å². The largest absolute Gasteiger partial charge is 0.396 e. The number of nitrogens with one attached hydrogen (secondary N) is 1. The standard InChI is InChI=1S/C10H20N2O2/c1-2-11-10(14)7-12-5-3-4-9(6-12)8-13/h9,13H,2-8H2,1H3,(H,11,14). The molecule has 1 atom stereocenters. The zero-order valence-electron chi connectivity index (χ0n) is 8.83. The van der Waals surface area contributed by atoms with Crippen LogP contribution in [0.15, 0.2) is 0 Å². The molecular formula is C10H20N2O2. The Balaban J connectivity index is 2.26. The van der Waals surface area contributed by atoms with Crippen LogP contribution < -0.4 is 5.32 Å². The minimum atomic E-state index is 0.0890. The molecule has 4 heteroatoms. The van der Waals surface area contributed by atoms with Crippen molar-refractivity contribution in [2.75, 3.05) is 32.8 Å². The lowest BCUT2D eigenvalue weighted by molar-refractivity contribution is -0.122. The van der Waals surface area contributed by atoms with E-state index in [4.69, 9.17) is 5.11 Å². The third-order valence-electron chi connectivity index (χ3n) is 2.60. The predicted octanol–water partition coefficient (Wildman–Crippen LogP) is -0.173. The highest BCUT2D eigenvalue weighted by Gasteiger charge is 2.20. The smallest absolute Gasteiger partial charge is 0.234 e. The van der Waals surface area contributed by atoms with Crippen LogP contribution in [-0.2, 0) is 4.79 Å². The minimum Gasteiger partial charge on any atom is -0.396 e. The number of nitrogens with zero attached hydrogens (tertiary/aromatic N) is 1. The monoisotopic (exact) mass is 200 g/mol. The van der Waals surface area contributed by atoms with E-state index in [0.717, 1.165) is 25.9 Å². The summed E-state index contributed by atoms with van der Waals surface area (Å²) in [6.45, 7) is 5.16. The maximum atomic E-state index is 11.3. The molecule has 0 radical (unpaired) electrons. The van der Waals surface area contributed by atoms with E-state index in [9.17, 15) is 4.79 Å². The second-order valence-electron chi connectivity index (χ2n) is 3.88. The van der Waals surface area contributed by atoms with E-state index in [-0.39, 0.29) is 12.5 Å². The fraction of sp³-hybridized carbons (Fsp3) is 0.900. The molecule has 1 unspecified atom stereocenters. The van der Waals surface area contributed by atoms with Crippen molar-refractivity contribution in [1.29, 1.82) is 0 Å². The average Bonchev–Trinajstić information content (AvgIpc) is 2.18. The van der Waals surface area contributed by atoms with Gasteiger partial charge in [-0.3, -0.25) is 9.69 Å². The van der Waals surface area contributed by atoms with Crippen molar-refractivity contribution in [2.24, 2.45) is 5.92 Å². The zero-order valence-corrected chi connectivity index (χ0v) is 8.83. The van der Waals surface area contributed by atoms with Crippen LogP contribution >= 0.6 is 0 Å². The van der Waals surface area contributed by atoms with Crippen LogP contribution in [0, 0.1) is 5.92 Å². The second-order valence-corrected chi connectivity index (χ2v) is 3.88. The van der Waals surface area contributed by atoms with Gasteiger partial charge in [0.1, 0.15) is 0 Å². The summed E-state index contributed by atoms with van der Waals surface area (Å²) in [6, 6.07) is 0. The van der Waals surface area contributed by atoms with E-state index in [2.05, 4.69) is 10.2 Å². The van der Waals surface area contributed by atoms with Crippen LogP contribution in [0.4, 0.5) is 0 Å². The molecule has 2 N–H and O–H groups in total. The minimum absolute atomic E-state index is 0.0890. The Bertz CT molecular complexity index is 185. The van der Waals surface area contributed by atoms with Gasteiger partial charge in [-0.25, -0.2) is 0 Å². The number of carbonyl (C=O) groups is 1. The molecule has 1 saturated heterocycles. The van der Waals surface area contributed by atoms with E-state index in [1.807, 2.05) is 6.92 Å². The van der Waals surface area contributed by atoms with E-state index in [1.54, 1.807) is 0 Å². The number of likely N-dealkylation sites (tertiary alicyclic amines) is 1. The molecule has 1 aliphatic heterocycles. The summed E-state index contributed by atoms with van der Waals surface area (Å²) in [5.74, 6) is 0.448. The maximum absolute atomic E-state index is 11.3. The lowest BCUT2D eigenvalue weighted by Gasteiger charge is -2.31. The van der Waals surface area contributed by atoms with Crippen molar-refractivity contribution in [1.82, 2.24) is 10.2 Å². The van der Waals surface area contributed by atoms with E-state index in [0.29, 0.717) is 19.0 Å². The van der Waals surface area contributed by atoms with E-state index >= 15 is 0 Å². The number of amides is 1. The third-order valence-corrected chi connectivity index (χ3v) is 2.60. The summed E-state index contributed by atoms with van der Waals surface area (Å²) in [6.07, 6.45) is 2.17. The molecule has 0 aromatic heterocycles. The van der Waals surface area contributed by atoms with Crippen LogP contribution in [0.1, 0.15) is 19.8 Å². The highest BCUT2D eigenvalue weighted by atomic mass is 16.3. The van der Waals surface area contributed by atoms with Gasteiger partial charge in [0.2, 0.25) is 5.91 Å². The summed E-state index contributed by atoms with van der Waals surface area (Å²) in [5.41, 5.74) is 0. The first-order chi connectivity index (χ1) is 6.76. The molecule has 1 heterocycles. The van der Waals surface area contributed by atoms with Gasteiger partial charge in [0, 0.05) is 19.7 Å². The van der Waals surface area contributed by atoms with E-state index < -0.39 is 0 Å². The Kier molecular flexibility index (Phi) is 4.90. The summed E-state index contributed by atoms with van der Waals surface area (Å²) in [5, 5.41) is 11.8. The molecule has 0 spiro atoms. The molecule has 1 amide bonds. The lowest BCUT2D eigenvalue weighted by Crippen LogP contribution is -2.43. The van der Waals surface area contributed by atoms with Gasteiger partial charge in [0.15, 0.2) is 0 Å². The Morgan fingerprint density at radius 3 is 3.07 bits per heavy atom. The highest BCUT2D eigenvalue weighted by Crippen LogP contribution is 2.14. The SMILES string of the molecule is CCNC(=O)CN1CCCC(CO)C1. The summed E-state index contributed by atoms with van der Waals surface area (Å²) in [7, 11) is 0. The zero-order chi connectivity index (χ0) is 10.4. The summed E-state index contributed by atoms with van der Waals surface area (Å²) >= 11 is 0. The Labute approximate surface area is 85.3 Å². The van der Waals surface area contributed by atoms with Gasteiger partial charge in [-0.1, -0.05) is 0 Å². The second kappa shape index (κ2) is 5.98. The number of carbonyl (C=O) groups excluding carboxylic acids is 1. The van der Waals surface area contributed by atoms with Gasteiger partial charge in [-0.2, -0.15) is 0 Å². The number of likely N-dealkylation sites (N-methyl/N-ethyl adjacent to an activating group) is 1. The molecule has 0 aliphatic carbocycles. The number of aliphatic hydroxyl groups is 1. The first kappa shape index (κ1) is 11.5. The molecule has 0 bridgehead atoms. The van der Waals surface area contributed by atoms with Crippen LogP contribution in [0.2, 0.25) is 0 Å². The van der Waals surface area contributed by atoms with Gasteiger partial charge in [0.25, 0.3) is 0 Å². The quantitative estimate of drug-likeness (QED) is 0.662. The van der Waals surface area contributed by atoms with Crippen molar-refractivity contribution >= 4 is 5.91 Å². The molecule has 1 aliphatic rings. The van der Waals surface area contributed by atoms with Gasteiger partial charge in [0.05, 0.1) is 6.54 Å². The fourth-order valence-corrected chi connectivity index (χ4v) is 1.90. The Morgan fingerprint density at radius 2 is 2.43 bits per heavy atom. The van der Waals surface area contributed by atoms with Crippen molar-refractivity contribution in [3.05, 3.63) is 0 Å². The summed E-state index contributed by atoms with van der Waals surface area (Å²) < 4.78 is 0. The van der Waals surface area contributed by atoms with Crippen LogP contribution in [0.5, 0.6) is 0 Å². The van der Waals surface area contributed by atoms with Gasteiger partial charge >= 0.3 is 0 Å². The molecule has 4 nitrogen and oxygen atoms in total. The molecule has 14 heavy (non-hydrogen) atoms. The number of hydrogen-bond acceptors (Lipinski definition) is 3. The molecule has 0 aromatic carbocycles. The molecule has 1 fully saturated rings. The maximum Gasteiger partial charge on any atom is 0.234 e. The number of hydrogen-bond donors (Lipinski definition) is 2. The van der Waals surface area contributed by atoms with Crippen LogP contribution in [0.25, 0.3) is 0 Å². The van der Waals surface area contributed by atoms with Crippen molar-refractivity contribution < 1.29 is 9.90 Å². The van der Waals surface area contributed by atoms with Crippen LogP contribution in [-0.4, -0.2) is 48.7 Å². The van der Waals surface area contributed by atoms with Crippen molar-refractivity contribution in [3.8, 4) is 0 Å². The first-order valence-corrected chi connectivity index (χ1v) is 5.36. The van der Waals surface area contributed by atoms with Gasteiger partial charge < -0.3 is 10.4 Å². The van der Waals surface area contributed by atoms with Gasteiger partial charge in [-0.15, -0.1) is 0 Å². The number of aliphatic hydroxyl groups excluding tert-OH is 1. The Morgan fingerprint density at radius 1 is 1.64 bits per heavy atom. The molecule has 1 rings (SSSR count). The van der Waals surface area contributed by atoms with Gasteiger partial charge in [-0.05, 0) is 32.2 Å². The normalized spacial score (nSPS) is 23.4. The summed E-state index contributed by atoms with van der Waals surface area (Å²) in [4.78, 5) is 13.4. The molecular weight excluding hydrogens is 180 g/mol. The Hall–Kier alpha value is -0.610. The topological polar surface area (TPSA) is 52.6 Å². The first-order valence-electron chi connectivity index (χ1n) is 5.36. The lowest BCUT2D eigenvalue weighted by atomic mass is 9.99. The highest BCUT2D eigenvalue weighted by molar-refractivity contribution is 5.77. The van der Waals surface area contributed by atoms with Crippen molar-refractivity contribution in [2.45, 2.75) is 19.8 Å². The number of rotatable bonds is 4. The molecule has 82 valence electrons. The predicted molar refractivity (Wildman–Crippen MR) is 54.9 cm³/mol. The fourth-order valence-electron chi connectivity index (χ4n) is 1.90. The average molecular weight is 200 g/mol. The molecule has 0 saturated carbocycles. The number of piperidine rings is 1. The third kappa shape index (κ3) is 3.64.